The van der Waals surface area contributed by atoms with Gasteiger partial charge in [0, 0.05) is 6.42 Å². The minimum atomic E-state index is 0.783. The fourth-order valence-electron chi connectivity index (χ4n) is 1.05. The Kier molecular flexibility index (Phi) is 5.01. The third-order valence-corrected chi connectivity index (χ3v) is 2.87. The summed E-state index contributed by atoms with van der Waals surface area (Å²) >= 11 is 1.88. The first-order valence-electron chi connectivity index (χ1n) is 4.72. The van der Waals surface area contributed by atoms with Gasteiger partial charge in [0.05, 0.1) is 5.75 Å². The number of nitrogens with two attached hydrogens (primary N) is 1. The van der Waals surface area contributed by atoms with E-state index in [1.165, 1.54) is 0 Å². The molecule has 3 heteroatoms. The Hall–Kier alpha value is -0.410. The van der Waals surface area contributed by atoms with E-state index in [0.29, 0.717) is 0 Å². The van der Waals surface area contributed by atoms with Crippen molar-refractivity contribution >= 4 is 11.8 Å². The number of hydrogen-bond acceptors (Lipinski definition) is 3. The molecule has 0 aromatic carbocycles. The quantitative estimate of drug-likeness (QED) is 0.715. The molecule has 0 bridgehead atoms. The molecule has 0 atom stereocenters. The van der Waals surface area contributed by atoms with Gasteiger partial charge >= 0.3 is 0 Å². The van der Waals surface area contributed by atoms with Crippen molar-refractivity contribution in [2.24, 2.45) is 5.73 Å². The minimum absolute atomic E-state index is 0.783. The molecule has 0 fully saturated rings. The molecule has 2 nitrogen and oxygen atoms in total. The second-order valence-electron chi connectivity index (χ2n) is 2.92. The highest BCUT2D eigenvalue weighted by molar-refractivity contribution is 7.98. The minimum Gasteiger partial charge on any atom is -0.465 e. The molecule has 0 spiro atoms. The fourth-order valence-corrected chi connectivity index (χ4v) is 1.92. The van der Waals surface area contributed by atoms with Gasteiger partial charge < -0.3 is 10.2 Å². The molecular formula is C10H17NOS. The van der Waals surface area contributed by atoms with Crippen molar-refractivity contribution in [2.75, 3.05) is 12.3 Å². The van der Waals surface area contributed by atoms with Gasteiger partial charge in [0.1, 0.15) is 11.5 Å². The van der Waals surface area contributed by atoms with Crippen LogP contribution >= 0.6 is 11.8 Å². The summed E-state index contributed by atoms with van der Waals surface area (Å²) in [5.74, 6) is 4.26. The molecule has 0 saturated heterocycles. The number of aryl methyl sites for hydroxylation is 1. The van der Waals surface area contributed by atoms with Crippen molar-refractivity contribution in [3.8, 4) is 0 Å². The molecule has 1 aromatic heterocycles. The molecule has 0 radical (unpaired) electrons. The Morgan fingerprint density at radius 2 is 2.15 bits per heavy atom. The molecule has 2 N–H and O–H groups in total. The van der Waals surface area contributed by atoms with Gasteiger partial charge in [-0.15, -0.1) is 0 Å². The maximum Gasteiger partial charge on any atom is 0.114 e. The van der Waals surface area contributed by atoms with E-state index in [9.17, 15) is 0 Å². The first kappa shape index (κ1) is 10.7. The van der Waals surface area contributed by atoms with Crippen LogP contribution in [0, 0.1) is 0 Å². The molecule has 0 aliphatic heterocycles. The highest BCUT2D eigenvalue weighted by Crippen LogP contribution is 2.16. The first-order valence-corrected chi connectivity index (χ1v) is 5.87. The molecule has 0 amide bonds. The highest BCUT2D eigenvalue weighted by atomic mass is 32.2. The largest absolute Gasteiger partial charge is 0.465 e. The molecule has 74 valence electrons. The predicted octanol–water partition coefficient (Wildman–Crippen LogP) is 2.42. The van der Waals surface area contributed by atoms with Crippen LogP contribution in [0.25, 0.3) is 0 Å². The van der Waals surface area contributed by atoms with Crippen molar-refractivity contribution < 1.29 is 4.42 Å². The molecule has 0 saturated carbocycles. The van der Waals surface area contributed by atoms with E-state index >= 15 is 0 Å². The van der Waals surface area contributed by atoms with Crippen LogP contribution in [0.3, 0.4) is 0 Å². The van der Waals surface area contributed by atoms with E-state index in [2.05, 4.69) is 19.1 Å². The summed E-state index contributed by atoms with van der Waals surface area (Å²) in [6.07, 6.45) is 2.07. The summed E-state index contributed by atoms with van der Waals surface area (Å²) in [4.78, 5) is 0. The Bertz CT molecular complexity index is 235. The van der Waals surface area contributed by atoms with Crippen molar-refractivity contribution in [1.82, 2.24) is 0 Å². The van der Waals surface area contributed by atoms with Gasteiger partial charge in [-0.3, -0.25) is 0 Å². The van der Waals surface area contributed by atoms with Crippen LogP contribution in [-0.4, -0.2) is 12.3 Å². The van der Waals surface area contributed by atoms with Gasteiger partial charge in [-0.1, -0.05) is 6.92 Å². The summed E-state index contributed by atoms with van der Waals surface area (Å²) in [5, 5.41) is 0. The highest BCUT2D eigenvalue weighted by Gasteiger charge is 1.99. The number of thioether (sulfide) groups is 1. The van der Waals surface area contributed by atoms with Crippen LogP contribution in [0.2, 0.25) is 0 Å². The van der Waals surface area contributed by atoms with Crippen LogP contribution in [0.5, 0.6) is 0 Å². The maximum atomic E-state index is 5.56. The zero-order valence-corrected chi connectivity index (χ0v) is 8.90. The predicted molar refractivity (Wildman–Crippen MR) is 57.9 cm³/mol. The number of hydrogen-bond donors (Lipinski definition) is 1. The monoisotopic (exact) mass is 199 g/mol. The smallest absolute Gasteiger partial charge is 0.114 e. The Morgan fingerprint density at radius 1 is 1.38 bits per heavy atom. The lowest BCUT2D eigenvalue weighted by Gasteiger charge is -1.96. The summed E-state index contributed by atoms with van der Waals surface area (Å²) in [7, 11) is 0. The zero-order valence-electron chi connectivity index (χ0n) is 8.08. The van der Waals surface area contributed by atoms with E-state index in [1.54, 1.807) is 0 Å². The summed E-state index contributed by atoms with van der Waals surface area (Å²) in [6, 6.07) is 4.12. The lowest BCUT2D eigenvalue weighted by molar-refractivity contribution is 0.485. The molecule has 1 aromatic rings. The van der Waals surface area contributed by atoms with Gasteiger partial charge in [-0.25, -0.2) is 0 Å². The van der Waals surface area contributed by atoms with Crippen LogP contribution < -0.4 is 5.73 Å². The molecular weight excluding hydrogens is 182 g/mol. The Balaban J connectivity index is 2.20. The maximum absolute atomic E-state index is 5.56. The third-order valence-electron chi connectivity index (χ3n) is 1.80. The van der Waals surface area contributed by atoms with Gasteiger partial charge in [-0.2, -0.15) is 11.8 Å². The summed E-state index contributed by atoms with van der Waals surface area (Å²) < 4.78 is 5.56. The molecule has 13 heavy (non-hydrogen) atoms. The molecule has 1 heterocycles. The van der Waals surface area contributed by atoms with E-state index in [4.69, 9.17) is 10.2 Å². The van der Waals surface area contributed by atoms with Crippen LogP contribution in [-0.2, 0) is 12.2 Å². The van der Waals surface area contributed by atoms with Crippen molar-refractivity contribution in [3.63, 3.8) is 0 Å². The van der Waals surface area contributed by atoms with Gasteiger partial charge in [0.25, 0.3) is 0 Å². The zero-order chi connectivity index (χ0) is 9.52. The van der Waals surface area contributed by atoms with Crippen LogP contribution in [0.15, 0.2) is 16.5 Å². The van der Waals surface area contributed by atoms with E-state index in [0.717, 1.165) is 42.4 Å². The Labute approximate surface area is 83.9 Å². The fraction of sp³-hybridized carbons (Fsp3) is 0.600. The third kappa shape index (κ3) is 3.87. The Morgan fingerprint density at radius 3 is 2.77 bits per heavy atom. The topological polar surface area (TPSA) is 39.2 Å². The average molecular weight is 199 g/mol. The van der Waals surface area contributed by atoms with Gasteiger partial charge in [-0.05, 0) is 30.9 Å². The average Bonchev–Trinajstić information content (AvgIpc) is 2.60. The van der Waals surface area contributed by atoms with Crippen molar-refractivity contribution in [1.29, 1.82) is 0 Å². The summed E-state index contributed by atoms with van der Waals surface area (Å²) in [6.45, 7) is 2.88. The number of rotatable bonds is 6. The molecule has 0 aliphatic carbocycles. The first-order chi connectivity index (χ1) is 6.36. The molecule has 0 aliphatic rings. The second kappa shape index (κ2) is 6.11. The SMILES string of the molecule is CCc1ccc(CSCCCN)o1. The van der Waals surface area contributed by atoms with Crippen LogP contribution in [0.4, 0.5) is 0 Å². The normalized spacial score (nSPS) is 10.6. The van der Waals surface area contributed by atoms with Crippen LogP contribution in [0.1, 0.15) is 24.9 Å². The lowest BCUT2D eigenvalue weighted by Crippen LogP contribution is -1.99. The second-order valence-corrected chi connectivity index (χ2v) is 4.02. The van der Waals surface area contributed by atoms with E-state index in [-0.39, 0.29) is 0 Å². The van der Waals surface area contributed by atoms with Gasteiger partial charge in [0.2, 0.25) is 0 Å². The number of furan rings is 1. The van der Waals surface area contributed by atoms with Gasteiger partial charge in [0.15, 0.2) is 0 Å². The van der Waals surface area contributed by atoms with E-state index in [1.807, 2.05) is 11.8 Å². The van der Waals surface area contributed by atoms with Crippen molar-refractivity contribution in [3.05, 3.63) is 23.7 Å². The standard InChI is InChI=1S/C10H17NOS/c1-2-9-4-5-10(12-9)8-13-7-3-6-11/h4-5H,2-3,6-8,11H2,1H3. The molecule has 0 unspecified atom stereocenters. The molecule has 1 rings (SSSR count). The summed E-state index contributed by atoms with van der Waals surface area (Å²) in [5.41, 5.74) is 5.40. The van der Waals surface area contributed by atoms with Crippen molar-refractivity contribution in [2.45, 2.75) is 25.5 Å². The lowest BCUT2D eigenvalue weighted by atomic mass is 10.4. The van der Waals surface area contributed by atoms with E-state index < -0.39 is 0 Å².